The number of likely N-dealkylation sites (tertiary alicyclic amines) is 1. The summed E-state index contributed by atoms with van der Waals surface area (Å²) in [7, 11) is 2.01. The van der Waals surface area contributed by atoms with Crippen molar-refractivity contribution in [2.24, 2.45) is 28.9 Å². The highest BCUT2D eigenvalue weighted by Crippen LogP contribution is 2.34. The van der Waals surface area contributed by atoms with E-state index in [1.807, 2.05) is 58.2 Å². The number of benzene rings is 1. The van der Waals surface area contributed by atoms with Crippen molar-refractivity contribution in [2.75, 3.05) is 20.1 Å². The van der Waals surface area contributed by atoms with E-state index in [2.05, 4.69) is 54.3 Å². The van der Waals surface area contributed by atoms with Crippen molar-refractivity contribution < 1.29 is 33.5 Å². The molecule has 12 heteroatoms. The van der Waals surface area contributed by atoms with Gasteiger partial charge in [-0.25, -0.2) is 4.79 Å². The van der Waals surface area contributed by atoms with Crippen LogP contribution in [0, 0.1) is 23.2 Å². The van der Waals surface area contributed by atoms with E-state index in [0.717, 1.165) is 24.9 Å². The average Bonchev–Trinajstić information content (AvgIpc) is 4.01. The van der Waals surface area contributed by atoms with Crippen LogP contribution < -0.4 is 21.7 Å². The Hall–Kier alpha value is -3.80. The fraction of sp³-hybridized carbons (Fsp3) is 0.692. The first kappa shape index (κ1) is 47.2. The molecule has 3 unspecified atom stereocenters. The standard InChI is InChI=1S/C16H22N2O4.C16H28N2O2.C3H6.C3H8.CH3NO/c1-16(2,3)13(10-19)18-15(21)17-9-14(20)22-11-12-7-5-4-6-8-12;1-10(2)13-8-15(18(4)9-13)16(20)17-14(11(3)19)7-12-5-6-12;1-2-3-1;1-3-2;2-1-3/h4-8,10,13H,9,11H2,1-3H3,(H2,17,18,21);10,12-15H,5-9H2,1-4H3,(H,17,20);1-3H2;3H2,1-2H3;1H,(H2,2,3)/t;13-,14?,15?;;;/m.1.../s1. The molecule has 1 saturated heterocycles. The molecule has 290 valence electrons. The first-order valence-corrected chi connectivity index (χ1v) is 18.4. The maximum Gasteiger partial charge on any atom is 0.325 e. The van der Waals surface area contributed by atoms with Crippen LogP contribution >= 0.6 is 0 Å². The number of ketones is 1. The molecule has 51 heavy (non-hydrogen) atoms. The van der Waals surface area contributed by atoms with E-state index in [1.165, 1.54) is 38.5 Å². The molecule has 3 fully saturated rings. The molecule has 4 atom stereocenters. The van der Waals surface area contributed by atoms with E-state index in [1.54, 1.807) is 6.92 Å². The number of carbonyl (C=O) groups is 6. The van der Waals surface area contributed by atoms with Gasteiger partial charge in [-0.05, 0) is 55.5 Å². The van der Waals surface area contributed by atoms with E-state index in [4.69, 9.17) is 9.53 Å². The number of hydrogen-bond donors (Lipinski definition) is 4. The molecule has 3 aliphatic rings. The largest absolute Gasteiger partial charge is 0.460 e. The molecule has 1 aromatic carbocycles. The summed E-state index contributed by atoms with van der Waals surface area (Å²) < 4.78 is 5.03. The third-order valence-corrected chi connectivity index (χ3v) is 8.24. The van der Waals surface area contributed by atoms with Gasteiger partial charge in [-0.3, -0.25) is 24.1 Å². The van der Waals surface area contributed by atoms with E-state index >= 15 is 0 Å². The highest BCUT2D eigenvalue weighted by molar-refractivity contribution is 5.89. The Labute approximate surface area is 306 Å². The van der Waals surface area contributed by atoms with Crippen LogP contribution in [-0.4, -0.2) is 79.5 Å². The lowest BCUT2D eigenvalue weighted by Gasteiger charge is -2.26. The zero-order valence-electron chi connectivity index (χ0n) is 32.7. The maximum absolute atomic E-state index is 12.4. The molecule has 1 aliphatic heterocycles. The number of nitrogens with two attached hydrogens (primary N) is 1. The molecule has 5 N–H and O–H groups in total. The topological polar surface area (TPSA) is 177 Å². The van der Waals surface area contributed by atoms with Crippen LogP contribution in [-0.2, 0) is 35.3 Å². The van der Waals surface area contributed by atoms with Gasteiger partial charge in [0.1, 0.15) is 19.4 Å². The molecule has 2 saturated carbocycles. The smallest absolute Gasteiger partial charge is 0.325 e. The van der Waals surface area contributed by atoms with Crippen LogP contribution in [0.25, 0.3) is 0 Å². The first-order valence-electron chi connectivity index (χ1n) is 18.4. The summed E-state index contributed by atoms with van der Waals surface area (Å²) in [5.41, 5.74) is 4.64. The van der Waals surface area contributed by atoms with Crippen molar-refractivity contribution >= 4 is 36.4 Å². The number of likely N-dealkylation sites (N-methyl/N-ethyl adjacent to an activating group) is 1. The van der Waals surface area contributed by atoms with Crippen LogP contribution in [0.5, 0.6) is 0 Å². The van der Waals surface area contributed by atoms with Crippen molar-refractivity contribution in [1.82, 2.24) is 20.9 Å². The van der Waals surface area contributed by atoms with Gasteiger partial charge in [0.25, 0.3) is 0 Å². The van der Waals surface area contributed by atoms with Crippen LogP contribution in [0.2, 0.25) is 0 Å². The summed E-state index contributed by atoms with van der Waals surface area (Å²) in [5.74, 6) is 1.41. The Morgan fingerprint density at radius 1 is 1.00 bits per heavy atom. The van der Waals surface area contributed by atoms with Gasteiger partial charge in [-0.15, -0.1) is 0 Å². The van der Waals surface area contributed by atoms with E-state index in [9.17, 15) is 24.0 Å². The molecule has 0 spiro atoms. The molecule has 0 aromatic heterocycles. The third-order valence-electron chi connectivity index (χ3n) is 8.24. The molecule has 4 rings (SSSR count). The third kappa shape index (κ3) is 23.3. The first-order chi connectivity index (χ1) is 24.0. The summed E-state index contributed by atoms with van der Waals surface area (Å²) in [6.07, 6.45) is 10.8. The van der Waals surface area contributed by atoms with Crippen LogP contribution in [0.1, 0.15) is 112 Å². The number of Topliss-reactive ketones (excluding diaryl/α,β-unsaturated/α-hetero) is 1. The number of primary amides is 1. The minimum absolute atomic E-state index is 0.0384. The number of nitrogens with zero attached hydrogens (tertiary/aromatic N) is 1. The summed E-state index contributed by atoms with van der Waals surface area (Å²) in [4.78, 5) is 69.0. The fourth-order valence-corrected chi connectivity index (χ4v) is 4.70. The summed E-state index contributed by atoms with van der Waals surface area (Å²) >= 11 is 0. The Kier molecular flexibility index (Phi) is 24.1. The Balaban J connectivity index is 0.000000791. The number of esters is 1. The van der Waals surface area contributed by atoms with Crippen molar-refractivity contribution in [1.29, 1.82) is 0 Å². The van der Waals surface area contributed by atoms with Gasteiger partial charge < -0.3 is 31.2 Å². The molecule has 0 bridgehead atoms. The molecular weight excluding hydrogens is 650 g/mol. The van der Waals surface area contributed by atoms with Gasteiger partial charge in [0.15, 0.2) is 5.78 Å². The predicted octanol–water partition coefficient (Wildman–Crippen LogP) is 5.17. The summed E-state index contributed by atoms with van der Waals surface area (Å²) in [6, 6.07) is 7.69. The van der Waals surface area contributed by atoms with E-state index in [0.29, 0.717) is 24.0 Å². The number of amides is 4. The lowest BCUT2D eigenvalue weighted by Crippen LogP contribution is -2.49. The second kappa shape index (κ2) is 26.0. The van der Waals surface area contributed by atoms with E-state index < -0.39 is 23.5 Å². The zero-order valence-corrected chi connectivity index (χ0v) is 32.7. The number of nitrogens with one attached hydrogen (secondary N) is 3. The molecule has 0 radical (unpaired) electrons. The number of urea groups is 1. The van der Waals surface area contributed by atoms with Crippen molar-refractivity contribution in [3.05, 3.63) is 35.9 Å². The van der Waals surface area contributed by atoms with Crippen molar-refractivity contribution in [2.45, 2.75) is 131 Å². The van der Waals surface area contributed by atoms with Crippen LogP contribution in [0.4, 0.5) is 4.79 Å². The Morgan fingerprint density at radius 2 is 1.55 bits per heavy atom. The number of rotatable bonds is 12. The van der Waals surface area contributed by atoms with Gasteiger partial charge in [-0.2, -0.15) is 0 Å². The highest BCUT2D eigenvalue weighted by atomic mass is 16.5. The highest BCUT2D eigenvalue weighted by Gasteiger charge is 2.37. The normalized spacial score (nSPS) is 18.5. The molecular formula is C39H67N5O7. The molecule has 1 heterocycles. The van der Waals surface area contributed by atoms with E-state index in [-0.39, 0.29) is 43.3 Å². The van der Waals surface area contributed by atoms with Gasteiger partial charge in [0.05, 0.1) is 18.1 Å². The number of aldehydes is 1. The number of carbonyl (C=O) groups excluding carboxylic acids is 6. The summed E-state index contributed by atoms with van der Waals surface area (Å²) in [5, 5.41) is 7.87. The van der Waals surface area contributed by atoms with Gasteiger partial charge >= 0.3 is 12.0 Å². The SMILES string of the molecule is C1CC1.CC(=O)C(CC1CC1)NC(=O)C1C[C@@H](C(C)C)CN1C.CC(C)(C)C(C=O)NC(=O)NCC(=O)OCc1ccccc1.CCC.NC=O. The average molecular weight is 718 g/mol. The lowest BCUT2D eigenvalue weighted by atomic mass is 9.88. The molecule has 4 amide bonds. The van der Waals surface area contributed by atoms with Crippen LogP contribution in [0.15, 0.2) is 30.3 Å². The second-order valence-electron chi connectivity index (χ2n) is 14.9. The van der Waals surface area contributed by atoms with Crippen LogP contribution in [0.3, 0.4) is 0 Å². The number of ether oxygens (including phenoxy) is 1. The van der Waals surface area contributed by atoms with Gasteiger partial charge in [0.2, 0.25) is 12.3 Å². The van der Waals surface area contributed by atoms with Gasteiger partial charge in [-0.1, -0.05) is 117 Å². The minimum Gasteiger partial charge on any atom is -0.460 e. The number of hydrogen-bond acceptors (Lipinski definition) is 8. The molecule has 2 aliphatic carbocycles. The predicted molar refractivity (Wildman–Crippen MR) is 201 cm³/mol. The van der Waals surface area contributed by atoms with Crippen molar-refractivity contribution in [3.63, 3.8) is 0 Å². The second-order valence-corrected chi connectivity index (χ2v) is 14.9. The summed E-state index contributed by atoms with van der Waals surface area (Å²) in [6.45, 7) is 16.6. The lowest BCUT2D eigenvalue weighted by molar-refractivity contribution is -0.143. The Morgan fingerprint density at radius 3 is 1.96 bits per heavy atom. The molecule has 12 nitrogen and oxygen atoms in total. The Bertz CT molecular complexity index is 1160. The molecule has 1 aromatic rings. The fourth-order valence-electron chi connectivity index (χ4n) is 4.70. The minimum atomic E-state index is -0.632. The van der Waals surface area contributed by atoms with Crippen molar-refractivity contribution in [3.8, 4) is 0 Å². The zero-order chi connectivity index (χ0) is 39.0. The monoisotopic (exact) mass is 718 g/mol. The van der Waals surface area contributed by atoms with Gasteiger partial charge in [0, 0.05) is 6.54 Å². The quantitative estimate of drug-likeness (QED) is 0.169. The maximum atomic E-state index is 12.4.